The third-order valence-electron chi connectivity index (χ3n) is 10.1. The van der Waals surface area contributed by atoms with E-state index in [1.165, 1.54) is 46.0 Å². The van der Waals surface area contributed by atoms with Crippen molar-refractivity contribution in [1.82, 2.24) is 39.0 Å². The van der Waals surface area contributed by atoms with E-state index in [9.17, 15) is 14.4 Å². The highest BCUT2D eigenvalue weighted by Gasteiger charge is 2.30. The molecule has 2 fully saturated rings. The first-order valence-electron chi connectivity index (χ1n) is 19.1. The fourth-order valence-electron chi connectivity index (χ4n) is 7.03. The Labute approximate surface area is 344 Å². The van der Waals surface area contributed by atoms with Crippen LogP contribution >= 0.6 is 22.7 Å². The highest BCUT2D eigenvalue weighted by atomic mass is 32.1. The molecule has 2 aliphatic heterocycles. The zero-order chi connectivity index (χ0) is 40.9. The van der Waals surface area contributed by atoms with Crippen molar-refractivity contribution in [3.05, 3.63) is 104 Å². The van der Waals surface area contributed by atoms with Gasteiger partial charge in [-0.25, -0.2) is 34.7 Å². The first-order valence-corrected chi connectivity index (χ1v) is 20.7. The van der Waals surface area contributed by atoms with Crippen LogP contribution < -0.4 is 30.7 Å². The first kappa shape index (κ1) is 40.2. The van der Waals surface area contributed by atoms with Gasteiger partial charge in [-0.05, 0) is 64.1 Å². The van der Waals surface area contributed by atoms with E-state index in [2.05, 4.69) is 72.4 Å². The third kappa shape index (κ3) is 8.77. The Kier molecular flexibility index (Phi) is 12.2. The van der Waals surface area contributed by atoms with Gasteiger partial charge in [0.1, 0.15) is 17.5 Å². The molecule has 16 nitrogen and oxygen atoms in total. The number of piperazine rings is 2. The molecule has 8 heterocycles. The Morgan fingerprint density at radius 1 is 0.707 bits per heavy atom. The molecule has 2 atom stereocenters. The van der Waals surface area contributed by atoms with Gasteiger partial charge >= 0.3 is 5.97 Å². The normalized spacial score (nSPS) is 16.9. The van der Waals surface area contributed by atoms with Crippen molar-refractivity contribution < 1.29 is 9.53 Å². The summed E-state index contributed by atoms with van der Waals surface area (Å²) in [4.78, 5) is 73.8. The lowest BCUT2D eigenvalue weighted by atomic mass is 10.2. The van der Waals surface area contributed by atoms with Gasteiger partial charge in [-0.15, -0.1) is 22.7 Å². The smallest absolute Gasteiger partial charge is 0.348 e. The molecular formula is C40H46N12O4S2. The number of nitrogens with zero attached hydrogens (tertiary/aromatic N) is 12. The molecule has 0 saturated carbocycles. The van der Waals surface area contributed by atoms with E-state index in [0.717, 1.165) is 37.7 Å². The van der Waals surface area contributed by atoms with Crippen LogP contribution in [0.25, 0.3) is 22.8 Å². The number of hydrogen-bond acceptors (Lipinski definition) is 16. The second kappa shape index (κ2) is 17.6. The molecule has 0 spiro atoms. The Morgan fingerprint density at radius 2 is 1.21 bits per heavy atom. The summed E-state index contributed by atoms with van der Waals surface area (Å²) >= 11 is 3.26. The van der Waals surface area contributed by atoms with Crippen molar-refractivity contribution in [1.29, 1.82) is 0 Å². The number of thiophene rings is 2. The standard InChI is InChI=1S/C21H24N6O3S.C19H22N6OS/c1-4-30-20(29)17-5-6-19(31-17)26-9-10-27(14(2)12-26)21-24-16(11-18(28)25(21)3)15-7-8-22-13-23-15;1-13-11-24(18-5-4-14(2)27-18)8-9-25(13)19-22-16(10-17(26)23(19)3)15-6-7-20-12-21-15/h5-8,11,13-14H,4,9-10,12H2,1-3H3;4-7,10,12-13H,8-9,11H2,1-3H3/t14-;13-/m11/s1. The van der Waals surface area contributed by atoms with Crippen LogP contribution in [0.15, 0.2) is 83.2 Å². The predicted octanol–water partition coefficient (Wildman–Crippen LogP) is 4.51. The van der Waals surface area contributed by atoms with Gasteiger partial charge in [-0.1, -0.05) is 0 Å². The Morgan fingerprint density at radius 3 is 1.64 bits per heavy atom. The van der Waals surface area contributed by atoms with E-state index in [1.807, 2.05) is 23.5 Å². The molecule has 2 aliphatic rings. The number of anilines is 4. The molecule has 0 unspecified atom stereocenters. The van der Waals surface area contributed by atoms with Crippen molar-refractivity contribution >= 4 is 50.5 Å². The van der Waals surface area contributed by atoms with Crippen molar-refractivity contribution in [2.24, 2.45) is 14.1 Å². The lowest BCUT2D eigenvalue weighted by Crippen LogP contribution is -2.53. The zero-order valence-electron chi connectivity index (χ0n) is 33.3. The minimum atomic E-state index is -0.286. The number of rotatable bonds is 8. The number of carbonyl (C=O) groups is 1. The minimum Gasteiger partial charge on any atom is -0.462 e. The second-order valence-corrected chi connectivity index (χ2v) is 16.4. The maximum Gasteiger partial charge on any atom is 0.348 e. The summed E-state index contributed by atoms with van der Waals surface area (Å²) in [6.07, 6.45) is 6.21. The van der Waals surface area contributed by atoms with E-state index in [1.54, 1.807) is 54.7 Å². The average molecular weight is 823 g/mol. The van der Waals surface area contributed by atoms with Crippen molar-refractivity contribution in [2.75, 3.05) is 65.5 Å². The fourth-order valence-corrected chi connectivity index (χ4v) is 8.86. The molecule has 6 aromatic heterocycles. The minimum absolute atomic E-state index is 0.0860. The van der Waals surface area contributed by atoms with Gasteiger partial charge in [0, 0.05) is 94.9 Å². The second-order valence-electron chi connectivity index (χ2n) is 14.1. The van der Waals surface area contributed by atoms with Gasteiger partial charge in [0.25, 0.3) is 11.1 Å². The summed E-state index contributed by atoms with van der Waals surface area (Å²) in [5.41, 5.74) is 2.17. The average Bonchev–Trinajstić information content (AvgIpc) is 3.91. The first-order chi connectivity index (χ1) is 28.0. The van der Waals surface area contributed by atoms with E-state index in [-0.39, 0.29) is 29.2 Å². The van der Waals surface area contributed by atoms with Crippen LogP contribution in [-0.2, 0) is 18.8 Å². The quantitative estimate of drug-likeness (QED) is 0.197. The van der Waals surface area contributed by atoms with Crippen molar-refractivity contribution in [3.63, 3.8) is 0 Å². The van der Waals surface area contributed by atoms with Crippen LogP contribution in [0.2, 0.25) is 0 Å². The van der Waals surface area contributed by atoms with Gasteiger partial charge in [-0.2, -0.15) is 0 Å². The summed E-state index contributed by atoms with van der Waals surface area (Å²) in [6.45, 7) is 13.4. The molecule has 0 aromatic carbocycles. The van der Waals surface area contributed by atoms with Crippen molar-refractivity contribution in [3.8, 4) is 22.8 Å². The molecular weight excluding hydrogens is 777 g/mol. The Bertz CT molecular complexity index is 2470. The molecule has 0 bridgehead atoms. The number of ether oxygens (including phenoxy) is 1. The molecule has 302 valence electrons. The summed E-state index contributed by atoms with van der Waals surface area (Å²) in [6, 6.07) is 15.0. The molecule has 0 aliphatic carbocycles. The largest absolute Gasteiger partial charge is 0.462 e. The van der Waals surface area contributed by atoms with Crippen LogP contribution in [0.4, 0.5) is 21.9 Å². The Hall–Kier alpha value is -6.01. The zero-order valence-corrected chi connectivity index (χ0v) is 35.0. The molecule has 6 aromatic rings. The predicted molar refractivity (Wildman–Crippen MR) is 228 cm³/mol. The molecule has 2 saturated heterocycles. The number of aryl methyl sites for hydroxylation is 1. The summed E-state index contributed by atoms with van der Waals surface area (Å²) in [5, 5.41) is 2.33. The van der Waals surface area contributed by atoms with Crippen LogP contribution in [0.3, 0.4) is 0 Å². The van der Waals surface area contributed by atoms with E-state index >= 15 is 0 Å². The maximum atomic E-state index is 12.6. The van der Waals surface area contributed by atoms with Gasteiger partial charge < -0.3 is 24.3 Å². The van der Waals surface area contributed by atoms with Crippen LogP contribution in [-0.4, -0.2) is 103 Å². The van der Waals surface area contributed by atoms with E-state index in [0.29, 0.717) is 52.7 Å². The fraction of sp³-hybridized carbons (Fsp3) is 0.375. The maximum absolute atomic E-state index is 12.6. The number of hydrogen-bond donors (Lipinski definition) is 0. The molecule has 0 N–H and O–H groups in total. The lowest BCUT2D eigenvalue weighted by Gasteiger charge is -2.41. The topological polar surface area (TPSA) is 161 Å². The summed E-state index contributed by atoms with van der Waals surface area (Å²) in [7, 11) is 3.51. The van der Waals surface area contributed by atoms with Crippen molar-refractivity contribution in [2.45, 2.75) is 39.8 Å². The number of carbonyl (C=O) groups excluding carboxylic acids is 1. The third-order valence-corrected chi connectivity index (χ3v) is 12.3. The molecule has 18 heteroatoms. The highest BCUT2D eigenvalue weighted by Crippen LogP contribution is 2.31. The van der Waals surface area contributed by atoms with E-state index < -0.39 is 0 Å². The van der Waals surface area contributed by atoms with Crippen LogP contribution in [0, 0.1) is 6.92 Å². The monoisotopic (exact) mass is 822 g/mol. The number of aromatic nitrogens is 8. The van der Waals surface area contributed by atoms with Gasteiger partial charge in [0.2, 0.25) is 11.9 Å². The van der Waals surface area contributed by atoms with Gasteiger partial charge in [0.05, 0.1) is 39.4 Å². The summed E-state index contributed by atoms with van der Waals surface area (Å²) in [5.74, 6) is 1.02. The molecule has 8 rings (SSSR count). The highest BCUT2D eigenvalue weighted by molar-refractivity contribution is 7.18. The van der Waals surface area contributed by atoms with Gasteiger partial charge in [-0.3, -0.25) is 18.7 Å². The lowest BCUT2D eigenvalue weighted by molar-refractivity contribution is 0.0532. The van der Waals surface area contributed by atoms with Crippen LogP contribution in [0.1, 0.15) is 35.3 Å². The summed E-state index contributed by atoms with van der Waals surface area (Å²) < 4.78 is 8.28. The molecule has 58 heavy (non-hydrogen) atoms. The Balaban J connectivity index is 0.000000178. The number of esters is 1. The molecule has 0 radical (unpaired) electrons. The van der Waals surface area contributed by atoms with E-state index in [4.69, 9.17) is 14.7 Å². The van der Waals surface area contributed by atoms with Gasteiger partial charge in [0.15, 0.2) is 0 Å². The van der Waals surface area contributed by atoms with Crippen LogP contribution in [0.5, 0.6) is 0 Å². The molecule has 0 amide bonds. The SMILES string of the molecule is CCOC(=O)c1ccc(N2CCN(c3nc(-c4ccncn4)cc(=O)n3C)[C@H](C)C2)s1.Cc1ccc(N2CCN(c3nc(-c4ccncn4)cc(=O)n3C)[C@H](C)C2)s1.